The van der Waals surface area contributed by atoms with E-state index in [1.54, 1.807) is 7.11 Å². The molecule has 3 nitrogen and oxygen atoms in total. The zero-order valence-corrected chi connectivity index (χ0v) is 11.2. The smallest absolute Gasteiger partial charge is 0.167 e. The first-order valence-electron chi connectivity index (χ1n) is 6.30. The Hall–Kier alpha value is -2.01. The highest BCUT2D eigenvalue weighted by atomic mass is 19.1. The summed E-state index contributed by atoms with van der Waals surface area (Å²) in [4.78, 5) is 3.44. The van der Waals surface area contributed by atoms with E-state index in [9.17, 15) is 8.78 Å². The van der Waals surface area contributed by atoms with Gasteiger partial charge in [-0.3, -0.25) is 4.98 Å². The van der Waals surface area contributed by atoms with Crippen molar-refractivity contribution in [2.24, 2.45) is 0 Å². The molecule has 1 N–H and O–H groups in total. The number of rotatable bonds is 6. The fourth-order valence-corrected chi connectivity index (χ4v) is 1.88. The molecule has 0 bridgehead atoms. The highest BCUT2D eigenvalue weighted by molar-refractivity contribution is 5.44. The number of nitrogens with zero attached hydrogens (tertiary/aromatic N) is 1. The average molecular weight is 278 g/mol. The Morgan fingerprint density at radius 1 is 1.05 bits per heavy atom. The van der Waals surface area contributed by atoms with Crippen molar-refractivity contribution < 1.29 is 13.5 Å². The molecule has 5 heteroatoms. The number of nitrogens with one attached hydrogen (secondary N) is 1. The van der Waals surface area contributed by atoms with Gasteiger partial charge in [0.25, 0.3) is 0 Å². The van der Waals surface area contributed by atoms with E-state index in [2.05, 4.69) is 10.3 Å². The zero-order chi connectivity index (χ0) is 14.4. The van der Waals surface area contributed by atoms with Gasteiger partial charge < -0.3 is 10.1 Å². The lowest BCUT2D eigenvalue weighted by Crippen LogP contribution is -2.08. The van der Waals surface area contributed by atoms with Gasteiger partial charge >= 0.3 is 0 Å². The van der Waals surface area contributed by atoms with Crippen LogP contribution in [0.3, 0.4) is 0 Å². The second-order valence-corrected chi connectivity index (χ2v) is 4.40. The van der Waals surface area contributed by atoms with E-state index in [0.29, 0.717) is 19.6 Å². The molecule has 0 spiro atoms. The second kappa shape index (κ2) is 6.96. The fourth-order valence-electron chi connectivity index (χ4n) is 1.88. The molecule has 0 saturated carbocycles. The molecular weight excluding hydrogens is 262 g/mol. The van der Waals surface area contributed by atoms with E-state index in [4.69, 9.17) is 4.74 Å². The van der Waals surface area contributed by atoms with Gasteiger partial charge in [-0.25, -0.2) is 8.78 Å². The number of halogens is 2. The molecule has 0 fully saturated rings. The Balaban J connectivity index is 1.89. The molecule has 0 unspecified atom stereocenters. The summed E-state index contributed by atoms with van der Waals surface area (Å²) in [6, 6.07) is 7.92. The molecule has 106 valence electrons. The van der Waals surface area contributed by atoms with E-state index in [1.165, 1.54) is 0 Å². The van der Waals surface area contributed by atoms with Crippen molar-refractivity contribution in [3.63, 3.8) is 0 Å². The second-order valence-electron chi connectivity index (χ2n) is 4.40. The maximum absolute atomic E-state index is 13.3. The first kappa shape index (κ1) is 14.4. The summed E-state index contributed by atoms with van der Waals surface area (Å²) < 4.78 is 31.7. The average Bonchev–Trinajstić information content (AvgIpc) is 2.44. The normalized spacial score (nSPS) is 10.6. The fraction of sp³-hybridized carbons (Fsp3) is 0.267. The van der Waals surface area contributed by atoms with Crippen LogP contribution in [0.1, 0.15) is 11.1 Å². The van der Waals surface area contributed by atoms with Crippen molar-refractivity contribution in [2.75, 3.05) is 19.0 Å². The molecule has 20 heavy (non-hydrogen) atoms. The van der Waals surface area contributed by atoms with Crippen molar-refractivity contribution >= 4 is 5.69 Å². The van der Waals surface area contributed by atoms with E-state index < -0.39 is 11.6 Å². The number of hydrogen-bond donors (Lipinski definition) is 1. The standard InChI is InChI=1S/C15H16F2N2O/c1-20-10-12-4-2-11(3-5-12)6-7-19-15-13(16)8-18-9-14(15)17/h2-5,8-9H,6-7,10H2,1H3,(H,18,19). The molecule has 2 rings (SSSR count). The summed E-state index contributed by atoms with van der Waals surface area (Å²) in [5, 5.41) is 2.75. The van der Waals surface area contributed by atoms with Gasteiger partial charge in [0.05, 0.1) is 19.0 Å². The van der Waals surface area contributed by atoms with Crippen molar-refractivity contribution in [2.45, 2.75) is 13.0 Å². The van der Waals surface area contributed by atoms with Crippen molar-refractivity contribution in [3.8, 4) is 0 Å². The minimum absolute atomic E-state index is 0.129. The number of pyridine rings is 1. The number of methoxy groups -OCH3 is 1. The van der Waals surface area contributed by atoms with Gasteiger partial charge in [0, 0.05) is 13.7 Å². The first-order valence-corrected chi connectivity index (χ1v) is 6.30. The summed E-state index contributed by atoms with van der Waals surface area (Å²) in [6.45, 7) is 1.02. The third-order valence-electron chi connectivity index (χ3n) is 2.90. The lowest BCUT2D eigenvalue weighted by molar-refractivity contribution is 0.185. The van der Waals surface area contributed by atoms with Crippen LogP contribution in [-0.4, -0.2) is 18.6 Å². The number of benzene rings is 1. The quantitative estimate of drug-likeness (QED) is 0.881. The van der Waals surface area contributed by atoms with Crippen LogP contribution in [0.5, 0.6) is 0 Å². The monoisotopic (exact) mass is 278 g/mol. The summed E-state index contributed by atoms with van der Waals surface area (Å²) in [5.41, 5.74) is 2.05. The van der Waals surface area contributed by atoms with Gasteiger partial charge in [0.2, 0.25) is 0 Å². The van der Waals surface area contributed by atoms with Gasteiger partial charge in [-0.05, 0) is 17.5 Å². The number of hydrogen-bond acceptors (Lipinski definition) is 3. The van der Waals surface area contributed by atoms with Crippen LogP contribution < -0.4 is 5.32 Å². The zero-order valence-electron chi connectivity index (χ0n) is 11.2. The third kappa shape index (κ3) is 3.74. The Labute approximate surface area is 116 Å². The molecule has 1 aromatic heterocycles. The predicted molar refractivity (Wildman–Crippen MR) is 73.5 cm³/mol. The van der Waals surface area contributed by atoms with Crippen LogP contribution >= 0.6 is 0 Å². The van der Waals surface area contributed by atoms with Gasteiger partial charge in [0.15, 0.2) is 11.6 Å². The Morgan fingerprint density at radius 3 is 2.25 bits per heavy atom. The van der Waals surface area contributed by atoms with Gasteiger partial charge in [-0.15, -0.1) is 0 Å². The van der Waals surface area contributed by atoms with E-state index in [-0.39, 0.29) is 5.69 Å². The molecule has 2 aromatic rings. The van der Waals surface area contributed by atoms with Crippen molar-refractivity contribution in [1.82, 2.24) is 4.98 Å². The van der Waals surface area contributed by atoms with E-state index in [0.717, 1.165) is 23.5 Å². The molecule has 1 heterocycles. The topological polar surface area (TPSA) is 34.1 Å². The molecule has 0 atom stereocenters. The van der Waals surface area contributed by atoms with Crippen molar-refractivity contribution in [3.05, 3.63) is 59.4 Å². The molecule has 0 aliphatic carbocycles. The van der Waals surface area contributed by atoms with Gasteiger partial charge in [-0.2, -0.15) is 0 Å². The maximum Gasteiger partial charge on any atom is 0.167 e. The summed E-state index contributed by atoms with van der Waals surface area (Å²) in [5.74, 6) is -1.36. The van der Waals surface area contributed by atoms with Crippen LogP contribution in [0, 0.1) is 11.6 Å². The van der Waals surface area contributed by atoms with Crippen molar-refractivity contribution in [1.29, 1.82) is 0 Å². The van der Waals surface area contributed by atoms with Crippen LogP contribution in [-0.2, 0) is 17.8 Å². The molecular formula is C15H16F2N2O. The molecule has 0 radical (unpaired) electrons. The Morgan fingerprint density at radius 2 is 1.65 bits per heavy atom. The number of aromatic nitrogens is 1. The van der Waals surface area contributed by atoms with Crippen LogP contribution in [0.25, 0.3) is 0 Å². The van der Waals surface area contributed by atoms with Gasteiger partial charge in [-0.1, -0.05) is 24.3 Å². The number of ether oxygens (including phenoxy) is 1. The van der Waals surface area contributed by atoms with E-state index in [1.807, 2.05) is 24.3 Å². The lowest BCUT2D eigenvalue weighted by atomic mass is 10.1. The molecule has 0 aliphatic heterocycles. The van der Waals surface area contributed by atoms with Crippen LogP contribution in [0.2, 0.25) is 0 Å². The first-order chi connectivity index (χ1) is 9.70. The largest absolute Gasteiger partial charge is 0.380 e. The highest BCUT2D eigenvalue weighted by Crippen LogP contribution is 2.16. The lowest BCUT2D eigenvalue weighted by Gasteiger charge is -2.08. The summed E-state index contributed by atoms with van der Waals surface area (Å²) in [7, 11) is 1.65. The predicted octanol–water partition coefficient (Wildman–Crippen LogP) is 3.16. The maximum atomic E-state index is 13.3. The van der Waals surface area contributed by atoms with Crippen LogP contribution in [0.15, 0.2) is 36.7 Å². The molecule has 1 aromatic carbocycles. The summed E-state index contributed by atoms with van der Waals surface area (Å²) >= 11 is 0. The Kier molecular flexibility index (Phi) is 5.01. The Bertz CT molecular complexity index is 538. The SMILES string of the molecule is COCc1ccc(CCNc2c(F)cncc2F)cc1. The minimum Gasteiger partial charge on any atom is -0.380 e. The summed E-state index contributed by atoms with van der Waals surface area (Å²) in [6.07, 6.45) is 2.66. The highest BCUT2D eigenvalue weighted by Gasteiger charge is 2.07. The third-order valence-corrected chi connectivity index (χ3v) is 2.90. The van der Waals surface area contributed by atoms with Gasteiger partial charge in [0.1, 0.15) is 5.69 Å². The molecule has 0 aliphatic rings. The van der Waals surface area contributed by atoms with Crippen LogP contribution in [0.4, 0.5) is 14.5 Å². The van der Waals surface area contributed by atoms with E-state index >= 15 is 0 Å². The molecule has 0 amide bonds. The number of anilines is 1. The molecule has 0 saturated heterocycles. The minimum atomic E-state index is -0.680.